The summed E-state index contributed by atoms with van der Waals surface area (Å²) in [4.78, 5) is 28.1. The van der Waals surface area contributed by atoms with Crippen molar-refractivity contribution in [3.8, 4) is 0 Å². The van der Waals surface area contributed by atoms with Crippen LogP contribution in [0, 0.1) is 5.92 Å². The van der Waals surface area contributed by atoms with Gasteiger partial charge in [-0.1, -0.05) is 13.8 Å². The van der Waals surface area contributed by atoms with Gasteiger partial charge in [-0.2, -0.15) is 5.10 Å². The minimum absolute atomic E-state index is 0. The molecule has 2 amide bonds. The number of nitrogens with one attached hydrogen (secondary N) is 1. The quantitative estimate of drug-likeness (QED) is 0.662. The second kappa shape index (κ2) is 13.2. The summed E-state index contributed by atoms with van der Waals surface area (Å²) in [6.07, 6.45) is 3.87. The van der Waals surface area contributed by atoms with E-state index < -0.39 is 6.04 Å². The second-order valence-corrected chi connectivity index (χ2v) is 6.67. The molecule has 8 nitrogen and oxygen atoms in total. The minimum Gasteiger partial charge on any atom is -0.346 e. The number of piperazine rings is 1. The van der Waals surface area contributed by atoms with Gasteiger partial charge in [-0.25, -0.2) is 0 Å². The van der Waals surface area contributed by atoms with Crippen LogP contribution in [0.4, 0.5) is 0 Å². The molecule has 0 saturated carbocycles. The molecule has 1 atom stereocenters. The fraction of sp³-hybridized carbons (Fsp3) is 0.688. The maximum atomic E-state index is 12.2. The Morgan fingerprint density at radius 1 is 1.19 bits per heavy atom. The summed E-state index contributed by atoms with van der Waals surface area (Å²) in [5.41, 5.74) is 6.94. The average molecular weight is 446 g/mol. The number of nitrogens with two attached hydrogens (primary N) is 1. The summed E-state index contributed by atoms with van der Waals surface area (Å²) in [6, 6.07) is -0.575. The maximum absolute atomic E-state index is 12.2. The third-order valence-corrected chi connectivity index (χ3v) is 4.32. The molecule has 1 aliphatic rings. The lowest BCUT2D eigenvalue weighted by Crippen LogP contribution is -2.52. The van der Waals surface area contributed by atoms with Crippen molar-refractivity contribution in [2.24, 2.45) is 18.7 Å². The van der Waals surface area contributed by atoms with Gasteiger partial charge in [0.2, 0.25) is 11.8 Å². The normalized spacial score (nSPS) is 15.2. The van der Waals surface area contributed by atoms with E-state index in [1.165, 1.54) is 5.56 Å². The van der Waals surface area contributed by atoms with Gasteiger partial charge in [0.25, 0.3) is 0 Å². The van der Waals surface area contributed by atoms with Crippen LogP contribution in [0.15, 0.2) is 12.4 Å². The van der Waals surface area contributed by atoms with Gasteiger partial charge in [-0.3, -0.25) is 19.2 Å². The molecule has 158 valence electrons. The maximum Gasteiger partial charge on any atom is 0.242 e. The highest BCUT2D eigenvalue weighted by molar-refractivity contribution is 5.87. The summed E-state index contributed by atoms with van der Waals surface area (Å²) in [6.45, 7) is 7.61. The van der Waals surface area contributed by atoms with Crippen LogP contribution in [0.1, 0.15) is 19.4 Å². The topological polar surface area (TPSA) is 96.5 Å². The van der Waals surface area contributed by atoms with E-state index in [4.69, 9.17) is 5.73 Å². The molecule has 0 aliphatic carbocycles. The molecule has 1 aromatic heterocycles. The minimum atomic E-state index is -0.575. The van der Waals surface area contributed by atoms with Gasteiger partial charge < -0.3 is 16.0 Å². The first kappa shape index (κ1) is 28.2. The van der Waals surface area contributed by atoms with E-state index in [0.717, 1.165) is 19.6 Å². The van der Waals surface area contributed by atoms with E-state index >= 15 is 0 Å². The zero-order chi connectivity index (χ0) is 17.7. The highest BCUT2D eigenvalue weighted by atomic mass is 35.5. The van der Waals surface area contributed by atoms with Crippen molar-refractivity contribution in [3.63, 3.8) is 0 Å². The fourth-order valence-corrected chi connectivity index (χ4v) is 2.66. The molecule has 1 aromatic rings. The largest absolute Gasteiger partial charge is 0.346 e. The lowest BCUT2D eigenvalue weighted by molar-refractivity contribution is -0.134. The smallest absolute Gasteiger partial charge is 0.242 e. The van der Waals surface area contributed by atoms with Crippen LogP contribution in [0.2, 0.25) is 0 Å². The van der Waals surface area contributed by atoms with Gasteiger partial charge in [-0.05, 0) is 5.92 Å². The number of carbonyl (C=O) groups excluding carboxylic acids is 2. The van der Waals surface area contributed by atoms with Crippen molar-refractivity contribution in [1.82, 2.24) is 24.9 Å². The number of aryl methyl sites for hydroxylation is 1. The van der Waals surface area contributed by atoms with Crippen molar-refractivity contribution in [3.05, 3.63) is 18.0 Å². The number of hydrogen-bond donors (Lipinski definition) is 2. The predicted octanol–water partition coefficient (Wildman–Crippen LogP) is 0.429. The van der Waals surface area contributed by atoms with Gasteiger partial charge in [0.05, 0.1) is 18.8 Å². The first-order valence-electron chi connectivity index (χ1n) is 8.37. The molecule has 2 rings (SSSR count). The second-order valence-electron chi connectivity index (χ2n) is 6.67. The van der Waals surface area contributed by atoms with Crippen molar-refractivity contribution >= 4 is 49.0 Å². The first-order valence-corrected chi connectivity index (χ1v) is 8.37. The molecular formula is C16H31Cl3N6O2. The number of aromatic nitrogens is 2. The third kappa shape index (κ3) is 8.66. The SMILES string of the molecule is CC(C)[C@H](N)C(=O)NCC(=O)N1CCN(Cc2cnn(C)c2)CC1.Cl.Cl.Cl. The number of halogens is 3. The van der Waals surface area contributed by atoms with Crippen molar-refractivity contribution < 1.29 is 9.59 Å². The summed E-state index contributed by atoms with van der Waals surface area (Å²) in [5, 5.41) is 6.80. The highest BCUT2D eigenvalue weighted by Crippen LogP contribution is 2.08. The van der Waals surface area contributed by atoms with Gasteiger partial charge in [0, 0.05) is 51.5 Å². The zero-order valence-corrected chi connectivity index (χ0v) is 18.4. The van der Waals surface area contributed by atoms with E-state index in [2.05, 4.69) is 15.3 Å². The van der Waals surface area contributed by atoms with Crippen LogP contribution in [0.5, 0.6) is 0 Å². The van der Waals surface area contributed by atoms with Gasteiger partial charge in [0.1, 0.15) is 0 Å². The van der Waals surface area contributed by atoms with Crippen LogP contribution < -0.4 is 11.1 Å². The molecule has 0 unspecified atom stereocenters. The molecule has 2 heterocycles. The summed E-state index contributed by atoms with van der Waals surface area (Å²) >= 11 is 0. The molecule has 0 aromatic carbocycles. The van der Waals surface area contributed by atoms with Crippen LogP contribution >= 0.6 is 37.2 Å². The molecule has 0 spiro atoms. The third-order valence-electron chi connectivity index (χ3n) is 4.32. The van der Waals surface area contributed by atoms with Crippen LogP contribution in [0.25, 0.3) is 0 Å². The molecule has 1 saturated heterocycles. The number of amides is 2. The Morgan fingerprint density at radius 2 is 1.78 bits per heavy atom. The first-order chi connectivity index (χ1) is 11.4. The van der Waals surface area contributed by atoms with Crippen LogP contribution in [0.3, 0.4) is 0 Å². The lowest BCUT2D eigenvalue weighted by atomic mass is 10.1. The summed E-state index contributed by atoms with van der Waals surface area (Å²) < 4.78 is 1.79. The number of nitrogens with zero attached hydrogens (tertiary/aromatic N) is 4. The molecular weight excluding hydrogens is 415 g/mol. The average Bonchev–Trinajstić information content (AvgIpc) is 2.97. The molecule has 1 aliphatic heterocycles. The van der Waals surface area contributed by atoms with Crippen molar-refractivity contribution in [2.75, 3.05) is 32.7 Å². The Labute approximate surface area is 179 Å². The number of hydrogen-bond acceptors (Lipinski definition) is 5. The van der Waals surface area contributed by atoms with E-state index in [1.54, 1.807) is 9.58 Å². The van der Waals surface area contributed by atoms with E-state index in [0.29, 0.717) is 13.1 Å². The summed E-state index contributed by atoms with van der Waals surface area (Å²) in [7, 11) is 1.90. The molecule has 3 N–H and O–H groups in total. The van der Waals surface area contributed by atoms with Crippen LogP contribution in [-0.4, -0.2) is 70.2 Å². The predicted molar refractivity (Wildman–Crippen MR) is 113 cm³/mol. The highest BCUT2D eigenvalue weighted by Gasteiger charge is 2.23. The van der Waals surface area contributed by atoms with Crippen molar-refractivity contribution in [2.45, 2.75) is 26.4 Å². The molecule has 27 heavy (non-hydrogen) atoms. The molecule has 1 fully saturated rings. The van der Waals surface area contributed by atoms with E-state index in [9.17, 15) is 9.59 Å². The number of carbonyl (C=O) groups is 2. The summed E-state index contributed by atoms with van der Waals surface area (Å²) in [5.74, 6) is -0.273. The Hall–Kier alpha value is -1.06. The Kier molecular flexibility index (Phi) is 13.7. The van der Waals surface area contributed by atoms with E-state index in [1.807, 2.05) is 33.3 Å². The van der Waals surface area contributed by atoms with Gasteiger partial charge in [0.15, 0.2) is 0 Å². The Morgan fingerprint density at radius 3 is 2.26 bits per heavy atom. The van der Waals surface area contributed by atoms with Gasteiger partial charge >= 0.3 is 0 Å². The molecule has 11 heteroatoms. The van der Waals surface area contributed by atoms with E-state index in [-0.39, 0.29) is 61.5 Å². The van der Waals surface area contributed by atoms with Gasteiger partial charge in [-0.15, -0.1) is 37.2 Å². The monoisotopic (exact) mass is 444 g/mol. The Balaban J connectivity index is 0. The zero-order valence-electron chi connectivity index (χ0n) is 16.0. The molecule has 0 bridgehead atoms. The molecule has 0 radical (unpaired) electrons. The Bertz CT molecular complexity index is 576. The van der Waals surface area contributed by atoms with Crippen LogP contribution in [-0.2, 0) is 23.2 Å². The number of rotatable bonds is 6. The standard InChI is InChI=1S/C16H28N6O2.3ClH/c1-12(2)15(17)16(24)18-9-14(23)22-6-4-21(5-7-22)11-13-8-19-20(3)10-13;;;/h8,10,12,15H,4-7,9,11,17H2,1-3H3,(H,18,24);3*1H/t15-;;;/m0.../s1. The fourth-order valence-electron chi connectivity index (χ4n) is 2.66. The lowest BCUT2D eigenvalue weighted by Gasteiger charge is -2.34. The van der Waals surface area contributed by atoms with Crippen molar-refractivity contribution in [1.29, 1.82) is 0 Å².